The van der Waals surface area contributed by atoms with E-state index in [1.165, 1.54) is 4.57 Å². The summed E-state index contributed by atoms with van der Waals surface area (Å²) in [6, 6.07) is 15.7. The molecule has 0 amide bonds. The average Bonchev–Trinajstić information content (AvgIpc) is 2.97. The Morgan fingerprint density at radius 3 is 2.61 bits per heavy atom. The molecule has 0 saturated heterocycles. The molecular formula is C17H12N4O2. The minimum absolute atomic E-state index is 0.323. The van der Waals surface area contributed by atoms with Gasteiger partial charge in [-0.05, 0) is 22.4 Å². The van der Waals surface area contributed by atoms with E-state index in [4.69, 9.17) is 4.52 Å². The van der Waals surface area contributed by atoms with Crippen molar-refractivity contribution in [3.63, 3.8) is 0 Å². The molecule has 6 heteroatoms. The average molecular weight is 304 g/mol. The van der Waals surface area contributed by atoms with Crippen molar-refractivity contribution in [3.8, 4) is 11.6 Å². The van der Waals surface area contributed by atoms with Crippen LogP contribution in [0.5, 0.6) is 0 Å². The summed E-state index contributed by atoms with van der Waals surface area (Å²) in [5, 5.41) is 6.02. The Morgan fingerprint density at radius 2 is 1.74 bits per heavy atom. The zero-order chi connectivity index (χ0) is 15.6. The SMILES string of the molecule is O=c1onc(-c2ncccn2)n1Cc1cccc2ccccc12. The maximum atomic E-state index is 12.0. The molecule has 4 aromatic rings. The van der Waals surface area contributed by atoms with Crippen LogP contribution >= 0.6 is 0 Å². The molecule has 0 bridgehead atoms. The molecule has 0 unspecified atom stereocenters. The van der Waals surface area contributed by atoms with Gasteiger partial charge in [-0.15, -0.1) is 0 Å². The highest BCUT2D eigenvalue weighted by atomic mass is 16.5. The van der Waals surface area contributed by atoms with Gasteiger partial charge in [-0.2, -0.15) is 0 Å². The van der Waals surface area contributed by atoms with E-state index in [0.29, 0.717) is 18.2 Å². The van der Waals surface area contributed by atoms with Crippen LogP contribution in [0.25, 0.3) is 22.4 Å². The molecule has 112 valence electrons. The summed E-state index contributed by atoms with van der Waals surface area (Å²) in [6.45, 7) is 0.345. The summed E-state index contributed by atoms with van der Waals surface area (Å²) in [5.41, 5.74) is 1.01. The van der Waals surface area contributed by atoms with Gasteiger partial charge in [-0.1, -0.05) is 47.6 Å². The zero-order valence-electron chi connectivity index (χ0n) is 12.1. The molecule has 0 radical (unpaired) electrons. The Morgan fingerprint density at radius 1 is 0.957 bits per heavy atom. The van der Waals surface area contributed by atoms with Crippen molar-refractivity contribution in [2.45, 2.75) is 6.54 Å². The number of hydrogen-bond acceptors (Lipinski definition) is 5. The Kier molecular flexibility index (Phi) is 3.20. The second-order valence-electron chi connectivity index (χ2n) is 5.07. The van der Waals surface area contributed by atoms with Crippen molar-refractivity contribution in [3.05, 3.63) is 77.0 Å². The van der Waals surface area contributed by atoms with Gasteiger partial charge in [0, 0.05) is 12.4 Å². The van der Waals surface area contributed by atoms with Gasteiger partial charge in [0.2, 0.25) is 5.82 Å². The topological polar surface area (TPSA) is 73.8 Å². The molecule has 2 heterocycles. The molecule has 0 fully saturated rings. The highest BCUT2D eigenvalue weighted by Gasteiger charge is 2.16. The Labute approximate surface area is 131 Å². The molecule has 0 atom stereocenters. The van der Waals surface area contributed by atoms with Crippen LogP contribution < -0.4 is 5.76 Å². The maximum Gasteiger partial charge on any atom is 0.442 e. The fraction of sp³-hybridized carbons (Fsp3) is 0.0588. The summed E-state index contributed by atoms with van der Waals surface area (Å²) < 4.78 is 6.25. The van der Waals surface area contributed by atoms with E-state index in [-0.39, 0.29) is 0 Å². The standard InChI is InChI=1S/C17H12N4O2/c22-17-21(16(20-23-17)15-18-9-4-10-19-15)11-13-7-3-6-12-5-1-2-8-14(12)13/h1-10H,11H2. The smallest absolute Gasteiger partial charge is 0.295 e. The number of rotatable bonds is 3. The molecule has 2 aromatic carbocycles. The zero-order valence-corrected chi connectivity index (χ0v) is 12.1. The number of hydrogen-bond donors (Lipinski definition) is 0. The van der Waals surface area contributed by atoms with Crippen LogP contribution in [0, 0.1) is 0 Å². The molecule has 23 heavy (non-hydrogen) atoms. The van der Waals surface area contributed by atoms with Gasteiger partial charge in [0.1, 0.15) is 0 Å². The van der Waals surface area contributed by atoms with E-state index in [1.54, 1.807) is 18.5 Å². The quantitative estimate of drug-likeness (QED) is 0.581. The predicted octanol–water partition coefficient (Wildman–Crippen LogP) is 2.49. The predicted molar refractivity (Wildman–Crippen MR) is 84.8 cm³/mol. The molecule has 0 aliphatic carbocycles. The molecule has 0 spiro atoms. The summed E-state index contributed by atoms with van der Waals surface area (Å²) >= 11 is 0. The number of benzene rings is 2. The lowest BCUT2D eigenvalue weighted by atomic mass is 10.0. The Bertz CT molecular complexity index is 1020. The third-order valence-corrected chi connectivity index (χ3v) is 3.66. The van der Waals surface area contributed by atoms with Gasteiger partial charge < -0.3 is 0 Å². The molecule has 0 aliphatic heterocycles. The highest BCUT2D eigenvalue weighted by Crippen LogP contribution is 2.20. The monoisotopic (exact) mass is 304 g/mol. The first-order valence-corrected chi connectivity index (χ1v) is 7.13. The molecule has 6 nitrogen and oxygen atoms in total. The van der Waals surface area contributed by atoms with E-state index < -0.39 is 5.76 Å². The molecular weight excluding hydrogens is 292 g/mol. The molecule has 4 rings (SSSR count). The molecule has 0 aliphatic rings. The number of fused-ring (bicyclic) bond motifs is 1. The van der Waals surface area contributed by atoms with Gasteiger partial charge in [-0.25, -0.2) is 19.3 Å². The van der Waals surface area contributed by atoms with Crippen LogP contribution in [0.15, 0.2) is 70.2 Å². The third kappa shape index (κ3) is 2.40. The van der Waals surface area contributed by atoms with Crippen LogP contribution in [0.2, 0.25) is 0 Å². The lowest BCUT2D eigenvalue weighted by molar-refractivity contribution is 0.378. The summed E-state index contributed by atoms with van der Waals surface area (Å²) in [5.74, 6) is 0.155. The van der Waals surface area contributed by atoms with E-state index in [0.717, 1.165) is 16.3 Å². The lowest BCUT2D eigenvalue weighted by Crippen LogP contribution is -2.17. The molecule has 2 aromatic heterocycles. The van der Waals surface area contributed by atoms with Crippen molar-refractivity contribution in [2.75, 3.05) is 0 Å². The fourth-order valence-corrected chi connectivity index (χ4v) is 2.58. The lowest BCUT2D eigenvalue weighted by Gasteiger charge is -2.07. The summed E-state index contributed by atoms with van der Waals surface area (Å²) in [7, 11) is 0. The van der Waals surface area contributed by atoms with Crippen molar-refractivity contribution >= 4 is 10.8 Å². The second-order valence-corrected chi connectivity index (χ2v) is 5.07. The minimum atomic E-state index is -0.527. The number of aromatic nitrogens is 4. The Hall–Kier alpha value is -3.28. The van der Waals surface area contributed by atoms with E-state index in [1.807, 2.05) is 42.5 Å². The Balaban J connectivity index is 1.83. The van der Waals surface area contributed by atoms with Crippen molar-refractivity contribution in [2.24, 2.45) is 0 Å². The maximum absolute atomic E-state index is 12.0. The van der Waals surface area contributed by atoms with Gasteiger partial charge >= 0.3 is 5.76 Å². The highest BCUT2D eigenvalue weighted by molar-refractivity contribution is 5.85. The largest absolute Gasteiger partial charge is 0.442 e. The van der Waals surface area contributed by atoms with Gasteiger partial charge in [0.25, 0.3) is 0 Å². The first-order valence-electron chi connectivity index (χ1n) is 7.13. The normalized spacial score (nSPS) is 11.0. The van der Waals surface area contributed by atoms with E-state index in [9.17, 15) is 4.79 Å². The van der Waals surface area contributed by atoms with Crippen LogP contribution in [0.4, 0.5) is 0 Å². The summed E-state index contributed by atoms with van der Waals surface area (Å²) in [4.78, 5) is 20.3. The fourth-order valence-electron chi connectivity index (χ4n) is 2.58. The minimum Gasteiger partial charge on any atom is -0.295 e. The number of nitrogens with zero attached hydrogens (tertiary/aromatic N) is 4. The first-order chi connectivity index (χ1) is 11.3. The molecule has 0 N–H and O–H groups in total. The van der Waals surface area contributed by atoms with Crippen molar-refractivity contribution < 1.29 is 4.52 Å². The van der Waals surface area contributed by atoms with E-state index in [2.05, 4.69) is 15.1 Å². The van der Waals surface area contributed by atoms with E-state index >= 15 is 0 Å². The van der Waals surface area contributed by atoms with Gasteiger partial charge in [-0.3, -0.25) is 4.52 Å². The first kappa shape index (κ1) is 13.4. The van der Waals surface area contributed by atoms with Gasteiger partial charge in [0.15, 0.2) is 5.82 Å². The van der Waals surface area contributed by atoms with Gasteiger partial charge in [0.05, 0.1) is 6.54 Å². The molecule has 0 saturated carbocycles. The summed E-state index contributed by atoms with van der Waals surface area (Å²) in [6.07, 6.45) is 3.20. The van der Waals surface area contributed by atoms with Crippen LogP contribution in [0.3, 0.4) is 0 Å². The van der Waals surface area contributed by atoms with Crippen LogP contribution in [-0.2, 0) is 6.54 Å². The third-order valence-electron chi connectivity index (χ3n) is 3.66. The van der Waals surface area contributed by atoms with Crippen molar-refractivity contribution in [1.82, 2.24) is 19.7 Å². The van der Waals surface area contributed by atoms with Crippen molar-refractivity contribution in [1.29, 1.82) is 0 Å². The van der Waals surface area contributed by atoms with Crippen LogP contribution in [-0.4, -0.2) is 19.7 Å². The van der Waals surface area contributed by atoms with Crippen LogP contribution in [0.1, 0.15) is 5.56 Å². The second kappa shape index (κ2) is 5.49.